The van der Waals surface area contributed by atoms with Crippen LogP contribution in [0.2, 0.25) is 0 Å². The standard InChI is InChI=1S/C13H19BrN2O2/c1-9(2)18-6-5-15-13(17)12-7-10(14)8-16(12)11-3-4-11/h7-9,11H,3-6H2,1-2H3,(H,15,17). The molecule has 1 heterocycles. The topological polar surface area (TPSA) is 43.3 Å². The minimum Gasteiger partial charge on any atom is -0.377 e. The molecule has 0 aromatic carbocycles. The Kier molecular flexibility index (Phi) is 4.45. The molecule has 0 aliphatic heterocycles. The van der Waals surface area contributed by atoms with E-state index in [9.17, 15) is 4.79 Å². The summed E-state index contributed by atoms with van der Waals surface area (Å²) in [6.45, 7) is 5.06. The van der Waals surface area contributed by atoms with Crippen LogP contribution in [-0.2, 0) is 4.74 Å². The maximum Gasteiger partial charge on any atom is 0.268 e. The number of nitrogens with one attached hydrogen (secondary N) is 1. The summed E-state index contributed by atoms with van der Waals surface area (Å²) in [5.74, 6) is -0.0278. The number of carbonyl (C=O) groups excluding carboxylic acids is 1. The van der Waals surface area contributed by atoms with Crippen molar-refractivity contribution in [2.75, 3.05) is 13.2 Å². The molecule has 1 aromatic heterocycles. The molecular weight excluding hydrogens is 296 g/mol. The summed E-state index contributed by atoms with van der Waals surface area (Å²) >= 11 is 3.42. The van der Waals surface area contributed by atoms with Gasteiger partial charge in [-0.3, -0.25) is 4.79 Å². The molecule has 0 bridgehead atoms. The molecule has 1 aliphatic carbocycles. The minimum atomic E-state index is -0.0278. The number of hydrogen-bond donors (Lipinski definition) is 1. The maximum absolute atomic E-state index is 12.0. The minimum absolute atomic E-state index is 0.0278. The lowest BCUT2D eigenvalue weighted by molar-refractivity contribution is 0.0743. The van der Waals surface area contributed by atoms with Gasteiger partial charge in [-0.25, -0.2) is 0 Å². The molecule has 1 N–H and O–H groups in total. The van der Waals surface area contributed by atoms with Crippen molar-refractivity contribution in [3.05, 3.63) is 22.4 Å². The van der Waals surface area contributed by atoms with Gasteiger partial charge in [-0.1, -0.05) is 0 Å². The van der Waals surface area contributed by atoms with Crippen molar-refractivity contribution in [1.82, 2.24) is 9.88 Å². The van der Waals surface area contributed by atoms with Crippen molar-refractivity contribution < 1.29 is 9.53 Å². The van der Waals surface area contributed by atoms with E-state index in [1.807, 2.05) is 26.1 Å². The molecule has 0 saturated heterocycles. The molecule has 1 amide bonds. The van der Waals surface area contributed by atoms with Crippen LogP contribution in [0.15, 0.2) is 16.7 Å². The Labute approximate surface area is 116 Å². The highest BCUT2D eigenvalue weighted by atomic mass is 79.9. The quantitative estimate of drug-likeness (QED) is 0.820. The summed E-state index contributed by atoms with van der Waals surface area (Å²) in [6, 6.07) is 2.38. The van der Waals surface area contributed by atoms with Crippen LogP contribution in [0.1, 0.15) is 43.2 Å². The van der Waals surface area contributed by atoms with Crippen LogP contribution in [0, 0.1) is 0 Å². The van der Waals surface area contributed by atoms with E-state index in [1.54, 1.807) is 0 Å². The molecule has 18 heavy (non-hydrogen) atoms. The SMILES string of the molecule is CC(C)OCCNC(=O)c1cc(Br)cn1C1CC1. The summed E-state index contributed by atoms with van der Waals surface area (Å²) in [5.41, 5.74) is 0.730. The first-order valence-electron chi connectivity index (χ1n) is 6.35. The highest BCUT2D eigenvalue weighted by molar-refractivity contribution is 9.10. The first kappa shape index (κ1) is 13.6. The van der Waals surface area contributed by atoms with E-state index >= 15 is 0 Å². The van der Waals surface area contributed by atoms with Gasteiger partial charge in [0.05, 0.1) is 12.7 Å². The van der Waals surface area contributed by atoms with E-state index in [1.165, 1.54) is 0 Å². The predicted octanol–water partition coefficient (Wildman–Crippen LogP) is 2.74. The molecule has 1 saturated carbocycles. The van der Waals surface area contributed by atoms with E-state index in [4.69, 9.17) is 4.74 Å². The molecule has 1 aromatic rings. The van der Waals surface area contributed by atoms with Gasteiger partial charge in [0.2, 0.25) is 0 Å². The molecule has 100 valence electrons. The van der Waals surface area contributed by atoms with Crippen LogP contribution in [-0.4, -0.2) is 29.7 Å². The van der Waals surface area contributed by atoms with Gasteiger partial charge < -0.3 is 14.6 Å². The van der Waals surface area contributed by atoms with Crippen molar-refractivity contribution in [3.63, 3.8) is 0 Å². The number of hydrogen-bond acceptors (Lipinski definition) is 2. The van der Waals surface area contributed by atoms with Gasteiger partial charge in [0.1, 0.15) is 5.69 Å². The van der Waals surface area contributed by atoms with E-state index < -0.39 is 0 Å². The summed E-state index contributed by atoms with van der Waals surface area (Å²) in [7, 11) is 0. The number of nitrogens with zero attached hydrogens (tertiary/aromatic N) is 1. The van der Waals surface area contributed by atoms with E-state index in [0.717, 1.165) is 23.0 Å². The Morgan fingerprint density at radius 1 is 1.61 bits per heavy atom. The number of halogens is 1. The number of amides is 1. The molecule has 4 nitrogen and oxygen atoms in total. The highest BCUT2D eigenvalue weighted by Gasteiger charge is 2.27. The van der Waals surface area contributed by atoms with Crippen LogP contribution in [0.25, 0.3) is 0 Å². The third-order valence-electron chi connectivity index (χ3n) is 2.83. The number of ether oxygens (including phenoxy) is 1. The monoisotopic (exact) mass is 314 g/mol. The summed E-state index contributed by atoms with van der Waals surface area (Å²) < 4.78 is 8.41. The fourth-order valence-electron chi connectivity index (χ4n) is 1.83. The van der Waals surface area contributed by atoms with Gasteiger partial charge in [0.15, 0.2) is 0 Å². The van der Waals surface area contributed by atoms with Crippen molar-refractivity contribution >= 4 is 21.8 Å². The molecule has 0 atom stereocenters. The van der Waals surface area contributed by atoms with Gasteiger partial charge in [-0.05, 0) is 48.7 Å². The molecule has 1 aliphatic rings. The second-order valence-corrected chi connectivity index (χ2v) is 5.77. The lowest BCUT2D eigenvalue weighted by Crippen LogP contribution is -2.29. The fraction of sp³-hybridized carbons (Fsp3) is 0.615. The molecule has 2 rings (SSSR count). The Morgan fingerprint density at radius 3 is 2.94 bits per heavy atom. The van der Waals surface area contributed by atoms with Gasteiger partial charge in [-0.2, -0.15) is 0 Å². The number of aromatic nitrogens is 1. The van der Waals surface area contributed by atoms with Crippen LogP contribution >= 0.6 is 15.9 Å². The van der Waals surface area contributed by atoms with E-state index in [2.05, 4.69) is 25.8 Å². The van der Waals surface area contributed by atoms with Crippen LogP contribution in [0.5, 0.6) is 0 Å². The first-order valence-corrected chi connectivity index (χ1v) is 7.14. The molecule has 0 radical (unpaired) electrons. The summed E-state index contributed by atoms with van der Waals surface area (Å²) in [6.07, 6.45) is 4.51. The summed E-state index contributed by atoms with van der Waals surface area (Å²) in [5, 5.41) is 2.89. The van der Waals surface area contributed by atoms with E-state index in [-0.39, 0.29) is 12.0 Å². The molecular formula is C13H19BrN2O2. The lowest BCUT2D eigenvalue weighted by atomic mass is 10.4. The number of rotatable bonds is 6. The molecule has 0 spiro atoms. The second-order valence-electron chi connectivity index (χ2n) is 4.86. The zero-order valence-corrected chi connectivity index (χ0v) is 12.4. The van der Waals surface area contributed by atoms with Crippen molar-refractivity contribution in [2.45, 2.75) is 38.8 Å². The van der Waals surface area contributed by atoms with Crippen LogP contribution in [0.3, 0.4) is 0 Å². The van der Waals surface area contributed by atoms with Crippen LogP contribution < -0.4 is 5.32 Å². The van der Waals surface area contributed by atoms with Crippen molar-refractivity contribution in [3.8, 4) is 0 Å². The normalized spacial score (nSPS) is 15.1. The number of carbonyl (C=O) groups is 1. The first-order chi connectivity index (χ1) is 8.58. The second kappa shape index (κ2) is 5.89. The van der Waals surface area contributed by atoms with Gasteiger partial charge in [0, 0.05) is 23.3 Å². The smallest absolute Gasteiger partial charge is 0.268 e. The van der Waals surface area contributed by atoms with Gasteiger partial charge in [0.25, 0.3) is 5.91 Å². The Bertz CT molecular complexity index is 425. The van der Waals surface area contributed by atoms with Crippen molar-refractivity contribution in [2.24, 2.45) is 0 Å². The lowest BCUT2D eigenvalue weighted by Gasteiger charge is -2.10. The zero-order chi connectivity index (χ0) is 13.1. The Morgan fingerprint density at radius 2 is 2.33 bits per heavy atom. The fourth-order valence-corrected chi connectivity index (χ4v) is 2.27. The average molecular weight is 315 g/mol. The maximum atomic E-state index is 12.0. The third kappa shape index (κ3) is 3.59. The highest BCUT2D eigenvalue weighted by Crippen LogP contribution is 2.37. The van der Waals surface area contributed by atoms with E-state index in [0.29, 0.717) is 19.2 Å². The van der Waals surface area contributed by atoms with Gasteiger partial charge in [-0.15, -0.1) is 0 Å². The van der Waals surface area contributed by atoms with Crippen molar-refractivity contribution in [1.29, 1.82) is 0 Å². The molecule has 0 unspecified atom stereocenters. The molecule has 5 heteroatoms. The van der Waals surface area contributed by atoms with Gasteiger partial charge >= 0.3 is 0 Å². The largest absolute Gasteiger partial charge is 0.377 e. The Balaban J connectivity index is 1.88. The zero-order valence-electron chi connectivity index (χ0n) is 10.8. The van der Waals surface area contributed by atoms with Crippen LogP contribution in [0.4, 0.5) is 0 Å². The summed E-state index contributed by atoms with van der Waals surface area (Å²) in [4.78, 5) is 12.0. The third-order valence-corrected chi connectivity index (χ3v) is 3.26. The average Bonchev–Trinajstić information content (AvgIpc) is 3.07. The predicted molar refractivity (Wildman–Crippen MR) is 73.8 cm³/mol. The Hall–Kier alpha value is -0.810. The molecule has 1 fully saturated rings.